The Morgan fingerprint density at radius 2 is 1.71 bits per heavy atom. The van der Waals surface area contributed by atoms with Crippen LogP contribution in [0.1, 0.15) is 36.3 Å². The zero-order valence-electron chi connectivity index (χ0n) is 16.3. The van der Waals surface area contributed by atoms with Gasteiger partial charge >= 0.3 is 11.8 Å². The molecule has 0 saturated carbocycles. The van der Waals surface area contributed by atoms with Crippen molar-refractivity contribution in [3.8, 4) is 11.5 Å². The van der Waals surface area contributed by atoms with Gasteiger partial charge in [0.1, 0.15) is 0 Å². The minimum Gasteiger partial charge on any atom is -0.493 e. The van der Waals surface area contributed by atoms with Crippen LogP contribution in [0, 0.1) is 0 Å². The number of methoxy groups -OCH3 is 1. The molecule has 0 atom stereocenters. The number of benzene rings is 1. The molecule has 1 aliphatic rings. The van der Waals surface area contributed by atoms with E-state index in [4.69, 9.17) is 13.9 Å². The molecule has 1 aliphatic heterocycles. The smallest absolute Gasteiger partial charge is 0.311 e. The molecule has 0 N–H and O–H groups in total. The highest BCUT2D eigenvalue weighted by atomic mass is 16.5. The first-order chi connectivity index (χ1) is 13.5. The van der Waals surface area contributed by atoms with Crippen LogP contribution in [0.2, 0.25) is 0 Å². The molecule has 0 spiro atoms. The normalized spacial score (nSPS) is 14.3. The number of hydrogen-bond acceptors (Lipinski definition) is 7. The van der Waals surface area contributed by atoms with Gasteiger partial charge in [0.25, 0.3) is 5.91 Å². The van der Waals surface area contributed by atoms with Crippen LogP contribution in [0.5, 0.6) is 11.5 Å². The number of ether oxygens (including phenoxy) is 2. The van der Waals surface area contributed by atoms with Gasteiger partial charge < -0.3 is 23.7 Å². The summed E-state index contributed by atoms with van der Waals surface area (Å²) in [6.07, 6.45) is 0. The summed E-state index contributed by atoms with van der Waals surface area (Å²) in [6.45, 7) is 5.39. The van der Waals surface area contributed by atoms with Crippen LogP contribution in [-0.4, -0.2) is 71.7 Å². The Morgan fingerprint density at radius 1 is 1.07 bits per heavy atom. The van der Waals surface area contributed by atoms with Crippen LogP contribution in [-0.2, 0) is 4.79 Å². The van der Waals surface area contributed by atoms with E-state index in [1.807, 2.05) is 26.0 Å². The second-order valence-electron chi connectivity index (χ2n) is 6.71. The fraction of sp³-hybridized carbons (Fsp3) is 0.474. The molecule has 2 heterocycles. The van der Waals surface area contributed by atoms with E-state index in [0.29, 0.717) is 43.6 Å². The van der Waals surface area contributed by atoms with Crippen molar-refractivity contribution in [2.75, 3.05) is 39.9 Å². The number of carbonyl (C=O) groups is 2. The molecule has 3 rings (SSSR count). The molecule has 28 heavy (non-hydrogen) atoms. The van der Waals surface area contributed by atoms with E-state index in [2.05, 4.69) is 10.2 Å². The fourth-order valence-corrected chi connectivity index (χ4v) is 2.82. The molecule has 1 aromatic carbocycles. The average molecular weight is 388 g/mol. The molecule has 2 aromatic rings. The number of aromatic nitrogens is 2. The third-order valence-corrected chi connectivity index (χ3v) is 4.46. The maximum atomic E-state index is 12.5. The van der Waals surface area contributed by atoms with E-state index in [-0.39, 0.29) is 30.2 Å². The van der Waals surface area contributed by atoms with E-state index in [0.717, 1.165) is 0 Å². The van der Waals surface area contributed by atoms with E-state index < -0.39 is 0 Å². The quantitative estimate of drug-likeness (QED) is 0.741. The topological polar surface area (TPSA) is 98.0 Å². The zero-order valence-corrected chi connectivity index (χ0v) is 16.3. The van der Waals surface area contributed by atoms with Gasteiger partial charge in [-0.1, -0.05) is 26.0 Å². The molecule has 0 aliphatic carbocycles. The molecule has 0 bridgehead atoms. The van der Waals surface area contributed by atoms with Crippen LogP contribution >= 0.6 is 0 Å². The molecule has 1 fully saturated rings. The maximum Gasteiger partial charge on any atom is 0.311 e. The first-order valence-electron chi connectivity index (χ1n) is 9.16. The Balaban J connectivity index is 1.50. The SMILES string of the molecule is COc1ccccc1OCC(=O)N1CCN(C(=O)c2nnc(C(C)C)o2)CC1. The van der Waals surface area contributed by atoms with Gasteiger partial charge in [-0.15, -0.1) is 10.2 Å². The molecule has 1 saturated heterocycles. The largest absolute Gasteiger partial charge is 0.493 e. The number of para-hydroxylation sites is 2. The highest BCUT2D eigenvalue weighted by Gasteiger charge is 2.28. The van der Waals surface area contributed by atoms with Crippen LogP contribution < -0.4 is 9.47 Å². The number of rotatable bonds is 6. The fourth-order valence-electron chi connectivity index (χ4n) is 2.82. The number of piperazine rings is 1. The van der Waals surface area contributed by atoms with E-state index in [1.165, 1.54) is 0 Å². The van der Waals surface area contributed by atoms with Gasteiger partial charge in [-0.25, -0.2) is 0 Å². The summed E-state index contributed by atoms with van der Waals surface area (Å²) >= 11 is 0. The number of nitrogens with zero attached hydrogens (tertiary/aromatic N) is 4. The summed E-state index contributed by atoms with van der Waals surface area (Å²) in [6, 6.07) is 7.16. The third kappa shape index (κ3) is 4.41. The number of carbonyl (C=O) groups excluding carboxylic acids is 2. The lowest BCUT2D eigenvalue weighted by atomic mass is 10.2. The van der Waals surface area contributed by atoms with Crippen molar-refractivity contribution in [1.29, 1.82) is 0 Å². The van der Waals surface area contributed by atoms with Gasteiger partial charge in [-0.2, -0.15) is 0 Å². The zero-order chi connectivity index (χ0) is 20.1. The Labute approximate surface area is 163 Å². The lowest BCUT2D eigenvalue weighted by molar-refractivity contribution is -0.134. The molecule has 0 radical (unpaired) electrons. The molecule has 1 aromatic heterocycles. The number of amides is 2. The molecular formula is C19H24N4O5. The van der Waals surface area contributed by atoms with E-state index >= 15 is 0 Å². The summed E-state index contributed by atoms with van der Waals surface area (Å²) in [7, 11) is 1.55. The Kier molecular flexibility index (Phi) is 6.13. The average Bonchev–Trinajstić information content (AvgIpc) is 3.22. The predicted molar refractivity (Wildman–Crippen MR) is 99.4 cm³/mol. The van der Waals surface area contributed by atoms with E-state index in [1.54, 1.807) is 29.0 Å². The standard InChI is InChI=1S/C19H24N4O5/c1-13(2)17-20-21-18(28-17)19(25)23-10-8-22(9-11-23)16(24)12-27-15-7-5-4-6-14(15)26-3/h4-7,13H,8-12H2,1-3H3. The summed E-state index contributed by atoms with van der Waals surface area (Å²) in [5, 5.41) is 7.71. The van der Waals surface area contributed by atoms with Gasteiger partial charge in [0.15, 0.2) is 18.1 Å². The second kappa shape index (κ2) is 8.73. The first-order valence-corrected chi connectivity index (χ1v) is 9.16. The predicted octanol–water partition coefficient (Wildman–Crippen LogP) is 1.56. The lowest BCUT2D eigenvalue weighted by Crippen LogP contribution is -2.51. The summed E-state index contributed by atoms with van der Waals surface area (Å²) < 4.78 is 16.2. The van der Waals surface area contributed by atoms with Crippen molar-refractivity contribution in [1.82, 2.24) is 20.0 Å². The van der Waals surface area contributed by atoms with Crippen molar-refractivity contribution in [3.05, 3.63) is 36.0 Å². The summed E-state index contributed by atoms with van der Waals surface area (Å²) in [4.78, 5) is 28.2. The third-order valence-electron chi connectivity index (χ3n) is 4.46. The molecule has 9 nitrogen and oxygen atoms in total. The van der Waals surface area contributed by atoms with Crippen molar-refractivity contribution >= 4 is 11.8 Å². The van der Waals surface area contributed by atoms with Crippen LogP contribution in [0.25, 0.3) is 0 Å². The van der Waals surface area contributed by atoms with Crippen LogP contribution in [0.4, 0.5) is 0 Å². The van der Waals surface area contributed by atoms with Crippen molar-refractivity contribution < 1.29 is 23.5 Å². The molecule has 2 amide bonds. The van der Waals surface area contributed by atoms with Crippen molar-refractivity contribution in [2.45, 2.75) is 19.8 Å². The van der Waals surface area contributed by atoms with Gasteiger partial charge in [0.2, 0.25) is 5.89 Å². The molecular weight excluding hydrogens is 364 g/mol. The monoisotopic (exact) mass is 388 g/mol. The molecule has 9 heteroatoms. The minimum atomic E-state index is -0.309. The minimum absolute atomic E-state index is 0.0111. The van der Waals surface area contributed by atoms with Crippen molar-refractivity contribution in [2.24, 2.45) is 0 Å². The van der Waals surface area contributed by atoms with Crippen molar-refractivity contribution in [3.63, 3.8) is 0 Å². The maximum absolute atomic E-state index is 12.5. The summed E-state index contributed by atoms with van der Waals surface area (Å²) in [5.74, 6) is 1.13. The Hall–Kier alpha value is -3.10. The van der Waals surface area contributed by atoms with Gasteiger partial charge in [0.05, 0.1) is 7.11 Å². The van der Waals surface area contributed by atoms with Gasteiger partial charge in [0, 0.05) is 32.1 Å². The highest BCUT2D eigenvalue weighted by molar-refractivity contribution is 5.89. The van der Waals surface area contributed by atoms with Gasteiger partial charge in [-0.05, 0) is 12.1 Å². The second-order valence-corrected chi connectivity index (χ2v) is 6.71. The number of hydrogen-bond donors (Lipinski definition) is 0. The van der Waals surface area contributed by atoms with Crippen LogP contribution in [0.3, 0.4) is 0 Å². The van der Waals surface area contributed by atoms with E-state index in [9.17, 15) is 9.59 Å². The molecule has 150 valence electrons. The van der Waals surface area contributed by atoms with Crippen LogP contribution in [0.15, 0.2) is 28.7 Å². The van der Waals surface area contributed by atoms with Gasteiger partial charge in [-0.3, -0.25) is 9.59 Å². The summed E-state index contributed by atoms with van der Waals surface area (Å²) in [5.41, 5.74) is 0. The first kappa shape index (κ1) is 19.7. The Bertz CT molecular complexity index is 827. The lowest BCUT2D eigenvalue weighted by Gasteiger charge is -2.34. The highest BCUT2D eigenvalue weighted by Crippen LogP contribution is 2.25. The Morgan fingerprint density at radius 3 is 2.32 bits per heavy atom. The molecule has 0 unspecified atom stereocenters.